The summed E-state index contributed by atoms with van der Waals surface area (Å²) in [4.78, 5) is 12.6. The summed E-state index contributed by atoms with van der Waals surface area (Å²) in [5.41, 5.74) is 2.35. The highest BCUT2D eigenvalue weighted by molar-refractivity contribution is 5.43. The Morgan fingerprint density at radius 1 is 1.14 bits per heavy atom. The van der Waals surface area contributed by atoms with E-state index >= 15 is 0 Å². The van der Waals surface area contributed by atoms with E-state index in [0.29, 0.717) is 18.2 Å². The molecule has 0 aromatic heterocycles. The fraction of sp³-hybridized carbons (Fsp3) is 0.400. The van der Waals surface area contributed by atoms with Crippen LogP contribution in [0.4, 0.5) is 14.5 Å². The molecule has 0 saturated carbocycles. The summed E-state index contributed by atoms with van der Waals surface area (Å²) in [6.45, 7) is 2.75. The van der Waals surface area contributed by atoms with Crippen LogP contribution < -0.4 is 10.1 Å². The number of nitro groups is 1. The highest BCUT2D eigenvalue weighted by Crippen LogP contribution is 2.25. The summed E-state index contributed by atoms with van der Waals surface area (Å²) < 4.78 is 29.6. The van der Waals surface area contributed by atoms with Crippen molar-refractivity contribution in [2.45, 2.75) is 46.1 Å². The first kappa shape index (κ1) is 21.7. The topological polar surface area (TPSA) is 67.6 Å². The van der Waals surface area contributed by atoms with E-state index in [-0.39, 0.29) is 18.0 Å². The number of non-ortho nitro benzene ring substituents is 1. The van der Waals surface area contributed by atoms with Crippen molar-refractivity contribution in [2.24, 2.45) is 0 Å². The van der Waals surface area contributed by atoms with Gasteiger partial charge in [0.05, 0.1) is 4.92 Å². The Labute approximate surface area is 163 Å². The lowest BCUT2D eigenvalue weighted by Gasteiger charge is -2.21. The SMILES string of the molecule is CC(C)N(C)Cc1cccc(CNCc2cc([N+](=O)[O-])ccc2OC(F)F)c1. The number of halogens is 2. The number of hydrogen-bond donors (Lipinski definition) is 1. The van der Waals surface area contributed by atoms with Crippen LogP contribution in [-0.2, 0) is 19.6 Å². The minimum atomic E-state index is -2.99. The van der Waals surface area contributed by atoms with Crippen LogP contribution in [0, 0.1) is 10.1 Å². The molecule has 2 aromatic carbocycles. The average molecular weight is 393 g/mol. The van der Waals surface area contributed by atoms with Crippen LogP contribution in [0.1, 0.15) is 30.5 Å². The maximum Gasteiger partial charge on any atom is 0.387 e. The maximum atomic E-state index is 12.6. The lowest BCUT2D eigenvalue weighted by molar-refractivity contribution is -0.385. The Morgan fingerprint density at radius 3 is 2.50 bits per heavy atom. The van der Waals surface area contributed by atoms with Crippen LogP contribution in [0.15, 0.2) is 42.5 Å². The summed E-state index contributed by atoms with van der Waals surface area (Å²) in [5.74, 6) is -0.0691. The van der Waals surface area contributed by atoms with Gasteiger partial charge in [-0.3, -0.25) is 15.0 Å². The van der Waals surface area contributed by atoms with Gasteiger partial charge in [0.1, 0.15) is 5.75 Å². The molecule has 0 radical (unpaired) electrons. The Morgan fingerprint density at radius 2 is 1.86 bits per heavy atom. The molecule has 2 rings (SSSR count). The van der Waals surface area contributed by atoms with Crippen LogP contribution >= 0.6 is 0 Å². The molecule has 0 spiro atoms. The number of nitrogens with one attached hydrogen (secondary N) is 1. The van der Waals surface area contributed by atoms with E-state index in [1.807, 2.05) is 12.1 Å². The van der Waals surface area contributed by atoms with E-state index in [1.165, 1.54) is 17.7 Å². The molecule has 6 nitrogen and oxygen atoms in total. The zero-order valence-electron chi connectivity index (χ0n) is 16.2. The van der Waals surface area contributed by atoms with Crippen molar-refractivity contribution in [2.75, 3.05) is 7.05 Å². The molecule has 8 heteroatoms. The number of benzene rings is 2. The minimum Gasteiger partial charge on any atom is -0.434 e. The number of nitrogens with zero attached hydrogens (tertiary/aromatic N) is 2. The molecule has 0 fully saturated rings. The Hall–Kier alpha value is -2.58. The van der Waals surface area contributed by atoms with Crippen LogP contribution in [0.2, 0.25) is 0 Å². The number of ether oxygens (including phenoxy) is 1. The van der Waals surface area contributed by atoms with Gasteiger partial charge in [-0.05, 0) is 38.1 Å². The zero-order valence-corrected chi connectivity index (χ0v) is 16.2. The molecule has 2 aromatic rings. The van der Waals surface area contributed by atoms with Crippen molar-refractivity contribution < 1.29 is 18.4 Å². The second-order valence-corrected chi connectivity index (χ2v) is 6.86. The van der Waals surface area contributed by atoms with E-state index in [9.17, 15) is 18.9 Å². The number of hydrogen-bond acceptors (Lipinski definition) is 5. The lowest BCUT2D eigenvalue weighted by atomic mass is 10.1. The van der Waals surface area contributed by atoms with Crippen LogP contribution in [0.5, 0.6) is 5.75 Å². The van der Waals surface area contributed by atoms with Gasteiger partial charge in [-0.1, -0.05) is 24.3 Å². The second kappa shape index (κ2) is 10.1. The third kappa shape index (κ3) is 6.54. The third-order valence-corrected chi connectivity index (χ3v) is 4.42. The average Bonchev–Trinajstić information content (AvgIpc) is 2.62. The van der Waals surface area contributed by atoms with E-state index < -0.39 is 11.5 Å². The zero-order chi connectivity index (χ0) is 20.7. The summed E-state index contributed by atoms with van der Waals surface area (Å²) in [5, 5.41) is 14.1. The van der Waals surface area contributed by atoms with Crippen molar-refractivity contribution in [1.29, 1.82) is 0 Å². The van der Waals surface area contributed by atoms with E-state index in [0.717, 1.165) is 18.2 Å². The van der Waals surface area contributed by atoms with Crippen LogP contribution in [0.25, 0.3) is 0 Å². The maximum absolute atomic E-state index is 12.6. The molecule has 0 saturated heterocycles. The van der Waals surface area contributed by atoms with Crippen LogP contribution in [-0.4, -0.2) is 29.5 Å². The quantitative estimate of drug-likeness (QED) is 0.481. The first-order valence-corrected chi connectivity index (χ1v) is 8.97. The van der Waals surface area contributed by atoms with Gasteiger partial charge < -0.3 is 10.1 Å². The molecule has 152 valence electrons. The number of nitro benzene ring substituents is 1. The fourth-order valence-electron chi connectivity index (χ4n) is 2.68. The van der Waals surface area contributed by atoms with Gasteiger partial charge >= 0.3 is 6.61 Å². The summed E-state index contributed by atoms with van der Waals surface area (Å²) >= 11 is 0. The van der Waals surface area contributed by atoms with Gasteiger partial charge in [0, 0.05) is 43.4 Å². The van der Waals surface area contributed by atoms with Crippen molar-refractivity contribution in [3.05, 3.63) is 69.3 Å². The Balaban J connectivity index is 2.04. The molecule has 0 aliphatic rings. The largest absolute Gasteiger partial charge is 0.434 e. The first-order valence-electron chi connectivity index (χ1n) is 8.97. The van der Waals surface area contributed by atoms with E-state index in [4.69, 9.17) is 0 Å². The van der Waals surface area contributed by atoms with Gasteiger partial charge in [0.2, 0.25) is 0 Å². The summed E-state index contributed by atoms with van der Waals surface area (Å²) in [7, 11) is 2.06. The van der Waals surface area contributed by atoms with Gasteiger partial charge in [-0.2, -0.15) is 8.78 Å². The van der Waals surface area contributed by atoms with Crippen molar-refractivity contribution in [3.8, 4) is 5.75 Å². The Kier molecular flexibility index (Phi) is 7.83. The predicted octanol–water partition coefficient (Wildman–Crippen LogP) is 4.33. The smallest absolute Gasteiger partial charge is 0.387 e. The molecule has 0 amide bonds. The number of alkyl halides is 2. The predicted molar refractivity (Wildman–Crippen MR) is 103 cm³/mol. The lowest BCUT2D eigenvalue weighted by Crippen LogP contribution is -2.25. The third-order valence-electron chi connectivity index (χ3n) is 4.42. The highest BCUT2D eigenvalue weighted by Gasteiger charge is 2.14. The molecular formula is C20H25F2N3O3. The van der Waals surface area contributed by atoms with Gasteiger partial charge in [0.25, 0.3) is 5.69 Å². The molecular weight excluding hydrogens is 368 g/mol. The second-order valence-electron chi connectivity index (χ2n) is 6.86. The molecule has 0 unspecified atom stereocenters. The summed E-state index contributed by atoms with van der Waals surface area (Å²) in [6.07, 6.45) is 0. The first-order chi connectivity index (χ1) is 13.3. The molecule has 0 atom stereocenters. The monoisotopic (exact) mass is 393 g/mol. The normalized spacial score (nSPS) is 11.4. The molecule has 0 aliphatic carbocycles. The molecule has 0 bridgehead atoms. The fourth-order valence-corrected chi connectivity index (χ4v) is 2.68. The van der Waals surface area contributed by atoms with Crippen molar-refractivity contribution in [1.82, 2.24) is 10.2 Å². The minimum absolute atomic E-state index is 0.0691. The van der Waals surface area contributed by atoms with Gasteiger partial charge in [-0.15, -0.1) is 0 Å². The molecule has 0 aliphatic heterocycles. The van der Waals surface area contributed by atoms with Crippen LogP contribution in [0.3, 0.4) is 0 Å². The van der Waals surface area contributed by atoms with Crippen molar-refractivity contribution in [3.63, 3.8) is 0 Å². The van der Waals surface area contributed by atoms with E-state index in [2.05, 4.69) is 48.0 Å². The van der Waals surface area contributed by atoms with Crippen molar-refractivity contribution >= 4 is 5.69 Å². The summed E-state index contributed by atoms with van der Waals surface area (Å²) in [6, 6.07) is 12.1. The van der Waals surface area contributed by atoms with E-state index in [1.54, 1.807) is 0 Å². The Bertz CT molecular complexity index is 800. The molecule has 0 heterocycles. The standard InChI is InChI=1S/C20H25F2N3O3/c1-14(2)24(3)13-16-6-4-5-15(9-16)11-23-12-17-10-18(25(26)27)7-8-19(17)28-20(21)22/h4-10,14,20,23H,11-13H2,1-3H3. The van der Waals surface area contributed by atoms with Gasteiger partial charge in [-0.25, -0.2) is 0 Å². The number of rotatable bonds is 10. The molecule has 28 heavy (non-hydrogen) atoms. The highest BCUT2D eigenvalue weighted by atomic mass is 19.3. The van der Waals surface area contributed by atoms with Gasteiger partial charge in [0.15, 0.2) is 0 Å². The molecule has 1 N–H and O–H groups in total.